The molecule has 2 aromatic carbocycles. The Hall–Kier alpha value is -3.03. The molecule has 7 heteroatoms. The zero-order chi connectivity index (χ0) is 20.2. The molecule has 150 valence electrons. The van der Waals surface area contributed by atoms with Gasteiger partial charge in [-0.15, -0.1) is 0 Å². The van der Waals surface area contributed by atoms with Crippen LogP contribution in [0.3, 0.4) is 0 Å². The average molecular weight is 395 g/mol. The molecular weight excluding hydrogens is 373 g/mol. The molecule has 0 unspecified atom stereocenters. The highest BCUT2D eigenvalue weighted by Crippen LogP contribution is 2.30. The number of amides is 2. The Kier molecular flexibility index (Phi) is 5.69. The molecule has 1 N–H and O–H groups in total. The second-order valence-electron chi connectivity index (χ2n) is 6.97. The number of benzene rings is 2. The molecule has 2 aliphatic heterocycles. The summed E-state index contributed by atoms with van der Waals surface area (Å²) in [4.78, 5) is 29.7. The number of rotatable bonds is 6. The van der Waals surface area contributed by atoms with E-state index in [4.69, 9.17) is 4.74 Å². The lowest BCUT2D eigenvalue weighted by Crippen LogP contribution is -2.43. The summed E-state index contributed by atoms with van der Waals surface area (Å²) in [5, 5.41) is 2.97. The number of carbonyl (C=O) groups excluding carboxylic acids is 2. The summed E-state index contributed by atoms with van der Waals surface area (Å²) in [6.45, 7) is 3.76. The van der Waals surface area contributed by atoms with Crippen LogP contribution in [0.2, 0.25) is 0 Å². The fraction of sp³-hybridized carbons (Fsp3) is 0.273. The molecular formula is C22H22FN3O3. The number of anilines is 1. The molecule has 0 spiro atoms. The van der Waals surface area contributed by atoms with E-state index in [9.17, 15) is 14.0 Å². The first kappa shape index (κ1) is 19.3. The predicted molar refractivity (Wildman–Crippen MR) is 107 cm³/mol. The number of ether oxygens (including phenoxy) is 1. The van der Waals surface area contributed by atoms with E-state index in [-0.39, 0.29) is 11.6 Å². The van der Waals surface area contributed by atoms with E-state index in [0.717, 1.165) is 13.1 Å². The van der Waals surface area contributed by atoms with Gasteiger partial charge in [-0.2, -0.15) is 0 Å². The topological polar surface area (TPSA) is 61.9 Å². The monoisotopic (exact) mass is 395 g/mol. The number of halogens is 1. The molecule has 2 amide bonds. The molecule has 0 aliphatic carbocycles. The van der Waals surface area contributed by atoms with E-state index in [1.165, 1.54) is 17.0 Å². The third-order valence-corrected chi connectivity index (χ3v) is 5.07. The lowest BCUT2D eigenvalue weighted by molar-refractivity contribution is -0.137. The van der Waals surface area contributed by atoms with Crippen molar-refractivity contribution < 1.29 is 18.7 Å². The zero-order valence-electron chi connectivity index (χ0n) is 15.9. The quantitative estimate of drug-likeness (QED) is 0.761. The predicted octanol–water partition coefficient (Wildman–Crippen LogP) is 2.35. The van der Waals surface area contributed by atoms with Gasteiger partial charge in [0.25, 0.3) is 11.8 Å². The van der Waals surface area contributed by atoms with Gasteiger partial charge in [0.2, 0.25) is 0 Å². The van der Waals surface area contributed by atoms with Crippen molar-refractivity contribution in [1.82, 2.24) is 9.80 Å². The molecule has 4 rings (SSSR count). The highest BCUT2D eigenvalue weighted by atomic mass is 19.1. The number of hydrogen-bond donors (Lipinski definition) is 1. The molecule has 0 saturated carbocycles. The van der Waals surface area contributed by atoms with Crippen molar-refractivity contribution in [2.24, 2.45) is 0 Å². The van der Waals surface area contributed by atoms with E-state index >= 15 is 0 Å². The van der Waals surface area contributed by atoms with Gasteiger partial charge in [0, 0.05) is 31.9 Å². The van der Waals surface area contributed by atoms with Gasteiger partial charge in [-0.05, 0) is 23.8 Å². The SMILES string of the molecule is O=C1C(Nc2cccc(F)c2)=C(c2ccccc2)C(=O)N1CCN1CCOCC1. The summed E-state index contributed by atoms with van der Waals surface area (Å²) >= 11 is 0. The first-order valence-corrected chi connectivity index (χ1v) is 9.62. The van der Waals surface area contributed by atoms with E-state index in [1.54, 1.807) is 24.3 Å². The molecule has 29 heavy (non-hydrogen) atoms. The van der Waals surface area contributed by atoms with Gasteiger partial charge < -0.3 is 10.1 Å². The van der Waals surface area contributed by atoms with E-state index < -0.39 is 11.7 Å². The lowest BCUT2D eigenvalue weighted by Gasteiger charge is -2.28. The van der Waals surface area contributed by atoms with Crippen molar-refractivity contribution in [3.05, 3.63) is 71.7 Å². The van der Waals surface area contributed by atoms with Gasteiger partial charge in [-0.1, -0.05) is 36.4 Å². The molecule has 2 heterocycles. The Morgan fingerprint density at radius 2 is 1.69 bits per heavy atom. The minimum Gasteiger partial charge on any atom is -0.379 e. The molecule has 0 radical (unpaired) electrons. The largest absolute Gasteiger partial charge is 0.379 e. The molecule has 0 bridgehead atoms. The Morgan fingerprint density at radius 1 is 0.931 bits per heavy atom. The van der Waals surface area contributed by atoms with Crippen LogP contribution >= 0.6 is 0 Å². The standard InChI is InChI=1S/C22H22FN3O3/c23-17-7-4-8-18(15-17)24-20-19(16-5-2-1-3-6-16)21(27)26(22(20)28)10-9-25-11-13-29-14-12-25/h1-8,15,24H,9-14H2. The number of imide groups is 1. The van der Waals surface area contributed by atoms with Crippen LogP contribution < -0.4 is 5.32 Å². The summed E-state index contributed by atoms with van der Waals surface area (Å²) in [5.74, 6) is -1.16. The maximum Gasteiger partial charge on any atom is 0.278 e. The molecule has 1 fully saturated rings. The van der Waals surface area contributed by atoms with E-state index in [1.807, 2.05) is 18.2 Å². The zero-order valence-corrected chi connectivity index (χ0v) is 15.9. The van der Waals surface area contributed by atoms with Crippen LogP contribution in [-0.4, -0.2) is 61.0 Å². The van der Waals surface area contributed by atoms with E-state index in [0.29, 0.717) is 43.1 Å². The van der Waals surface area contributed by atoms with E-state index in [2.05, 4.69) is 10.2 Å². The Bertz CT molecular complexity index is 939. The number of morpholine rings is 1. The van der Waals surface area contributed by atoms with Crippen molar-refractivity contribution in [3.8, 4) is 0 Å². The maximum atomic E-state index is 13.6. The Balaban J connectivity index is 1.61. The van der Waals surface area contributed by atoms with Gasteiger partial charge in [-0.25, -0.2) is 4.39 Å². The average Bonchev–Trinajstić information content (AvgIpc) is 2.97. The molecule has 1 saturated heterocycles. The fourth-order valence-corrected chi connectivity index (χ4v) is 3.54. The van der Waals surface area contributed by atoms with Gasteiger partial charge in [0.1, 0.15) is 11.5 Å². The molecule has 0 aromatic heterocycles. The van der Waals surface area contributed by atoms with Crippen molar-refractivity contribution in [2.75, 3.05) is 44.7 Å². The van der Waals surface area contributed by atoms with Crippen molar-refractivity contribution in [3.63, 3.8) is 0 Å². The van der Waals surface area contributed by atoms with Crippen LogP contribution in [0.4, 0.5) is 10.1 Å². The first-order chi connectivity index (χ1) is 14.1. The third-order valence-electron chi connectivity index (χ3n) is 5.07. The number of hydrogen-bond acceptors (Lipinski definition) is 5. The van der Waals surface area contributed by atoms with Gasteiger partial charge in [0.15, 0.2) is 0 Å². The minimum absolute atomic E-state index is 0.175. The van der Waals surface area contributed by atoms with Crippen molar-refractivity contribution in [2.45, 2.75) is 0 Å². The lowest BCUT2D eigenvalue weighted by atomic mass is 10.0. The van der Waals surface area contributed by atoms with Crippen molar-refractivity contribution >= 4 is 23.1 Å². The summed E-state index contributed by atoms with van der Waals surface area (Å²) in [6, 6.07) is 14.9. The van der Waals surface area contributed by atoms with Crippen molar-refractivity contribution in [1.29, 1.82) is 0 Å². The number of nitrogens with one attached hydrogen (secondary N) is 1. The molecule has 0 atom stereocenters. The summed E-state index contributed by atoms with van der Waals surface area (Å²) in [6.07, 6.45) is 0. The van der Waals surface area contributed by atoms with Gasteiger partial charge in [-0.3, -0.25) is 19.4 Å². The summed E-state index contributed by atoms with van der Waals surface area (Å²) in [5.41, 5.74) is 1.55. The smallest absolute Gasteiger partial charge is 0.278 e. The van der Waals surface area contributed by atoms with Crippen LogP contribution in [0.15, 0.2) is 60.3 Å². The summed E-state index contributed by atoms with van der Waals surface area (Å²) in [7, 11) is 0. The maximum absolute atomic E-state index is 13.6. The second kappa shape index (κ2) is 8.55. The van der Waals surface area contributed by atoms with Gasteiger partial charge >= 0.3 is 0 Å². The Labute approximate surface area is 168 Å². The summed E-state index contributed by atoms with van der Waals surface area (Å²) < 4.78 is 18.9. The minimum atomic E-state index is -0.419. The van der Waals surface area contributed by atoms with Crippen LogP contribution in [0.5, 0.6) is 0 Å². The van der Waals surface area contributed by atoms with Crippen LogP contribution in [0.25, 0.3) is 5.57 Å². The van der Waals surface area contributed by atoms with Gasteiger partial charge in [0.05, 0.1) is 18.8 Å². The molecule has 6 nitrogen and oxygen atoms in total. The highest BCUT2D eigenvalue weighted by Gasteiger charge is 2.39. The molecule has 2 aliphatic rings. The van der Waals surface area contributed by atoms with Crippen LogP contribution in [-0.2, 0) is 14.3 Å². The number of nitrogens with zero attached hydrogens (tertiary/aromatic N) is 2. The Morgan fingerprint density at radius 3 is 2.41 bits per heavy atom. The second-order valence-corrected chi connectivity index (χ2v) is 6.97. The highest BCUT2D eigenvalue weighted by molar-refractivity contribution is 6.36. The normalized spacial score (nSPS) is 17.9. The first-order valence-electron chi connectivity index (χ1n) is 9.62. The number of carbonyl (C=O) groups is 2. The van der Waals surface area contributed by atoms with Crippen LogP contribution in [0.1, 0.15) is 5.56 Å². The van der Waals surface area contributed by atoms with Crippen LogP contribution in [0, 0.1) is 5.82 Å². The fourth-order valence-electron chi connectivity index (χ4n) is 3.54. The molecule has 2 aromatic rings. The third kappa shape index (κ3) is 4.21.